The molecule has 188 valence electrons. The summed E-state index contributed by atoms with van der Waals surface area (Å²) < 4.78 is 51.5. The van der Waals surface area contributed by atoms with Gasteiger partial charge in [-0.25, -0.2) is 9.67 Å². The molecule has 0 aliphatic rings. The third kappa shape index (κ3) is 7.92. The molecule has 35 heavy (non-hydrogen) atoms. The van der Waals surface area contributed by atoms with Gasteiger partial charge in [-0.2, -0.15) is 18.3 Å². The molecule has 3 rings (SSSR count). The molecule has 3 heterocycles. The normalized spacial score (nSPS) is 13.0. The number of hydrogen-bond donors (Lipinski definition) is 0. The number of amides is 1. The highest BCUT2D eigenvalue weighted by Crippen LogP contribution is 2.27. The zero-order chi connectivity index (χ0) is 25.4. The molecule has 0 aromatic carbocycles. The molecule has 0 radical (unpaired) electrons. The number of alkyl halides is 3. The van der Waals surface area contributed by atoms with E-state index in [0.717, 1.165) is 0 Å². The van der Waals surface area contributed by atoms with Crippen LogP contribution in [0.25, 0.3) is 5.69 Å². The summed E-state index contributed by atoms with van der Waals surface area (Å²) in [5.41, 5.74) is 0.518. The molecule has 1 amide bonds. The molecular formula is C20H20ClF3N6O3S2. The summed E-state index contributed by atoms with van der Waals surface area (Å²) in [6, 6.07) is 3.44. The first-order valence-corrected chi connectivity index (χ1v) is 12.9. The average Bonchev–Trinajstić information content (AvgIpc) is 3.48. The molecule has 3 aromatic heterocycles. The Labute approximate surface area is 210 Å². The van der Waals surface area contributed by atoms with E-state index in [1.165, 1.54) is 27.1 Å². The molecule has 9 nitrogen and oxygen atoms in total. The second-order valence-electron chi connectivity index (χ2n) is 6.90. The third-order valence-corrected chi connectivity index (χ3v) is 6.70. The summed E-state index contributed by atoms with van der Waals surface area (Å²) in [6.45, 7) is 1.73. The van der Waals surface area contributed by atoms with Crippen LogP contribution >= 0.6 is 22.9 Å². The number of thiazole rings is 1. The van der Waals surface area contributed by atoms with Gasteiger partial charge in [-0.05, 0) is 30.2 Å². The van der Waals surface area contributed by atoms with Gasteiger partial charge in [0.1, 0.15) is 16.4 Å². The van der Waals surface area contributed by atoms with Crippen LogP contribution in [0.15, 0.2) is 47.5 Å². The zero-order valence-electron chi connectivity index (χ0n) is 18.3. The molecule has 0 spiro atoms. The van der Waals surface area contributed by atoms with Crippen molar-refractivity contribution in [3.63, 3.8) is 0 Å². The van der Waals surface area contributed by atoms with Crippen LogP contribution in [0.4, 0.5) is 18.9 Å². The van der Waals surface area contributed by atoms with Gasteiger partial charge in [0.15, 0.2) is 23.2 Å². The number of anilines is 1. The summed E-state index contributed by atoms with van der Waals surface area (Å²) in [5.74, 6) is -1.93. The minimum Gasteiger partial charge on any atom is -0.616 e. The smallest absolute Gasteiger partial charge is 0.393 e. The van der Waals surface area contributed by atoms with Crippen molar-refractivity contribution in [3.8, 4) is 5.69 Å². The highest BCUT2D eigenvalue weighted by molar-refractivity contribution is 7.92. The Morgan fingerprint density at radius 3 is 2.83 bits per heavy atom. The standard InChI is InChI=1S/C20H20ClF3N6O3S2/c1-2-29(16-11-30(27-18(16)21)14-4-3-6-25-10-14)19(31)15(13-35(32)9-5-20(22,23)24)28-33-12-17-26-7-8-34-17/h3-4,6-8,10-11H,2,5,9,12-13H2,1H3. The molecule has 15 heteroatoms. The number of rotatable bonds is 11. The lowest BCUT2D eigenvalue weighted by Crippen LogP contribution is -2.40. The minimum absolute atomic E-state index is 0.00491. The van der Waals surface area contributed by atoms with Gasteiger partial charge in [0.05, 0.1) is 24.5 Å². The van der Waals surface area contributed by atoms with Crippen molar-refractivity contribution in [1.82, 2.24) is 19.7 Å². The SMILES string of the molecule is CCN(C(=O)C(C[S+]([O-])CCC(F)(F)F)=NOCc1nccs1)c1cn(-c2cccnc2)nc1Cl. The Bertz CT molecular complexity index is 1130. The van der Waals surface area contributed by atoms with Crippen molar-refractivity contribution in [1.29, 1.82) is 0 Å². The number of oxime groups is 1. The number of aromatic nitrogens is 4. The van der Waals surface area contributed by atoms with Gasteiger partial charge in [0.25, 0.3) is 5.91 Å². The van der Waals surface area contributed by atoms with E-state index in [2.05, 4.69) is 20.2 Å². The molecule has 3 aromatic rings. The van der Waals surface area contributed by atoms with Crippen LogP contribution < -0.4 is 4.90 Å². The largest absolute Gasteiger partial charge is 0.616 e. The molecule has 0 fully saturated rings. The Morgan fingerprint density at radius 1 is 1.40 bits per heavy atom. The Balaban J connectivity index is 1.83. The van der Waals surface area contributed by atoms with Crippen LogP contribution in [0.5, 0.6) is 0 Å². The Morgan fingerprint density at radius 2 is 2.20 bits per heavy atom. The highest BCUT2D eigenvalue weighted by Gasteiger charge is 2.32. The molecule has 0 N–H and O–H groups in total. The number of carbonyl (C=O) groups excluding carboxylic acids is 1. The quantitative estimate of drug-likeness (QED) is 0.203. The predicted molar refractivity (Wildman–Crippen MR) is 127 cm³/mol. The number of carbonyl (C=O) groups is 1. The fraction of sp³-hybridized carbons (Fsp3) is 0.350. The van der Waals surface area contributed by atoms with E-state index in [1.54, 1.807) is 43.0 Å². The van der Waals surface area contributed by atoms with Gasteiger partial charge in [-0.15, -0.1) is 11.3 Å². The topological polar surface area (TPSA) is 109 Å². The van der Waals surface area contributed by atoms with Crippen molar-refractivity contribution < 1.29 is 27.4 Å². The monoisotopic (exact) mass is 548 g/mol. The van der Waals surface area contributed by atoms with Crippen LogP contribution in [0.2, 0.25) is 5.15 Å². The Kier molecular flexibility index (Phi) is 9.48. The van der Waals surface area contributed by atoms with Gasteiger partial charge in [0.2, 0.25) is 0 Å². The van der Waals surface area contributed by atoms with E-state index < -0.39 is 41.2 Å². The van der Waals surface area contributed by atoms with Gasteiger partial charge < -0.3 is 14.3 Å². The third-order valence-electron chi connectivity index (χ3n) is 4.42. The second-order valence-corrected chi connectivity index (χ2v) is 9.81. The van der Waals surface area contributed by atoms with Crippen molar-refractivity contribution >= 4 is 51.4 Å². The van der Waals surface area contributed by atoms with Crippen LogP contribution in [-0.2, 0) is 27.4 Å². The van der Waals surface area contributed by atoms with Crippen molar-refractivity contribution in [3.05, 3.63) is 52.5 Å². The first-order chi connectivity index (χ1) is 16.7. The zero-order valence-corrected chi connectivity index (χ0v) is 20.7. The minimum atomic E-state index is -4.47. The summed E-state index contributed by atoms with van der Waals surface area (Å²) in [7, 11) is 0. The number of hydrogen-bond acceptors (Lipinski definition) is 8. The molecule has 1 unspecified atom stereocenters. The van der Waals surface area contributed by atoms with Crippen LogP contribution in [0, 0.1) is 0 Å². The van der Waals surface area contributed by atoms with Crippen LogP contribution in [0.1, 0.15) is 18.4 Å². The fourth-order valence-corrected chi connectivity index (χ4v) is 4.63. The van der Waals surface area contributed by atoms with E-state index >= 15 is 0 Å². The maximum atomic E-state index is 13.3. The number of nitrogens with zero attached hydrogens (tertiary/aromatic N) is 6. The van der Waals surface area contributed by atoms with E-state index in [-0.39, 0.29) is 29.7 Å². The lowest BCUT2D eigenvalue weighted by atomic mass is 10.3. The average molecular weight is 549 g/mol. The van der Waals surface area contributed by atoms with Crippen LogP contribution in [-0.4, -0.2) is 60.1 Å². The molecule has 0 saturated carbocycles. The fourth-order valence-electron chi connectivity index (χ4n) is 2.80. The molecule has 0 aliphatic heterocycles. The van der Waals surface area contributed by atoms with Crippen LogP contribution in [0.3, 0.4) is 0 Å². The van der Waals surface area contributed by atoms with E-state index in [1.807, 2.05) is 0 Å². The lowest BCUT2D eigenvalue weighted by Gasteiger charge is -2.21. The lowest BCUT2D eigenvalue weighted by molar-refractivity contribution is -0.129. The predicted octanol–water partition coefficient (Wildman–Crippen LogP) is 4.00. The first kappa shape index (κ1) is 26.9. The number of halogens is 4. The van der Waals surface area contributed by atoms with Crippen molar-refractivity contribution in [2.45, 2.75) is 26.1 Å². The molecule has 0 aliphatic carbocycles. The van der Waals surface area contributed by atoms with E-state index in [4.69, 9.17) is 16.4 Å². The molecule has 0 saturated heterocycles. The summed E-state index contributed by atoms with van der Waals surface area (Å²) in [5, 5.41) is 10.3. The van der Waals surface area contributed by atoms with Crippen molar-refractivity contribution in [2.75, 3.05) is 23.0 Å². The molecule has 1 atom stereocenters. The van der Waals surface area contributed by atoms with Crippen molar-refractivity contribution in [2.24, 2.45) is 5.16 Å². The summed E-state index contributed by atoms with van der Waals surface area (Å²) >= 11 is 5.57. The second kappa shape index (κ2) is 12.3. The van der Waals surface area contributed by atoms with Gasteiger partial charge in [-0.1, -0.05) is 16.8 Å². The summed E-state index contributed by atoms with van der Waals surface area (Å²) in [4.78, 5) is 27.8. The maximum absolute atomic E-state index is 13.3. The first-order valence-electron chi connectivity index (χ1n) is 10.1. The van der Waals surface area contributed by atoms with Gasteiger partial charge >= 0.3 is 6.18 Å². The number of pyridine rings is 1. The van der Waals surface area contributed by atoms with E-state index in [9.17, 15) is 22.5 Å². The van der Waals surface area contributed by atoms with Gasteiger partial charge in [0, 0.05) is 24.3 Å². The summed E-state index contributed by atoms with van der Waals surface area (Å²) in [6.07, 6.45) is 0.491. The Hall–Kier alpha value is -2.68. The highest BCUT2D eigenvalue weighted by atomic mass is 35.5. The maximum Gasteiger partial charge on any atom is 0.393 e. The van der Waals surface area contributed by atoms with E-state index in [0.29, 0.717) is 10.7 Å². The molecular weight excluding hydrogens is 529 g/mol. The van der Waals surface area contributed by atoms with Gasteiger partial charge in [-0.3, -0.25) is 9.78 Å². The molecule has 0 bridgehead atoms.